The standard InChI is InChI=1S/C29H24N2O6S2/c1-4-36-28(35)24-16(2)30-29-31(25(24)17-8-11-21(38-3)12-9-17)26(32)23(39-29)15-20-10-13-22(37-20)18-6-5-7-19(14-18)27(33)34/h5-15,25H,4H2,1-3H3,(H,33,34)/p-1/b23-15-/t25-/m1/s1. The van der Waals surface area contributed by atoms with E-state index in [-0.39, 0.29) is 17.7 Å². The number of rotatable bonds is 7. The first-order valence-corrected chi connectivity index (χ1v) is 14.1. The summed E-state index contributed by atoms with van der Waals surface area (Å²) >= 11 is 2.80. The van der Waals surface area contributed by atoms with Crippen LogP contribution in [0.2, 0.25) is 0 Å². The van der Waals surface area contributed by atoms with E-state index in [1.165, 1.54) is 28.0 Å². The zero-order valence-corrected chi connectivity index (χ0v) is 22.9. The Balaban J connectivity index is 1.61. The molecule has 5 rings (SSSR count). The van der Waals surface area contributed by atoms with Crippen LogP contribution < -0.4 is 20.0 Å². The monoisotopic (exact) mass is 559 g/mol. The maximum absolute atomic E-state index is 13.7. The zero-order chi connectivity index (χ0) is 27.7. The number of hydrogen-bond acceptors (Lipinski definition) is 9. The molecule has 3 heterocycles. The average molecular weight is 560 g/mol. The molecule has 0 N–H and O–H groups in total. The number of aromatic carboxylic acids is 1. The van der Waals surface area contributed by atoms with E-state index in [9.17, 15) is 19.5 Å². The van der Waals surface area contributed by atoms with Crippen LogP contribution >= 0.6 is 23.1 Å². The average Bonchev–Trinajstić information content (AvgIpc) is 3.52. The van der Waals surface area contributed by atoms with Crippen molar-refractivity contribution in [3.05, 3.63) is 109 Å². The minimum Gasteiger partial charge on any atom is -0.545 e. The van der Waals surface area contributed by atoms with Crippen molar-refractivity contribution in [3.63, 3.8) is 0 Å². The number of ether oxygens (including phenoxy) is 1. The molecule has 1 atom stereocenters. The van der Waals surface area contributed by atoms with Gasteiger partial charge in [-0.15, -0.1) is 11.8 Å². The maximum Gasteiger partial charge on any atom is 0.338 e. The number of nitrogens with zero attached hydrogens (tertiary/aromatic N) is 2. The van der Waals surface area contributed by atoms with Crippen LogP contribution in [0.4, 0.5) is 0 Å². The minimum absolute atomic E-state index is 0.0390. The molecule has 8 nitrogen and oxygen atoms in total. The van der Waals surface area contributed by atoms with Crippen LogP contribution in [-0.2, 0) is 9.53 Å². The number of aromatic nitrogens is 1. The third-order valence-electron chi connectivity index (χ3n) is 6.23. The van der Waals surface area contributed by atoms with Gasteiger partial charge in [0, 0.05) is 16.5 Å². The van der Waals surface area contributed by atoms with Gasteiger partial charge < -0.3 is 19.1 Å². The van der Waals surface area contributed by atoms with Crippen LogP contribution in [0.5, 0.6) is 0 Å². The Morgan fingerprint density at radius 1 is 1.18 bits per heavy atom. The number of thioether (sulfide) groups is 1. The number of furan rings is 1. The van der Waals surface area contributed by atoms with Crippen LogP contribution in [0.3, 0.4) is 0 Å². The second-order valence-corrected chi connectivity index (χ2v) is 10.5. The van der Waals surface area contributed by atoms with Crippen LogP contribution in [0, 0.1) is 0 Å². The van der Waals surface area contributed by atoms with Crippen LogP contribution in [-0.4, -0.2) is 29.4 Å². The summed E-state index contributed by atoms with van der Waals surface area (Å²) in [6, 6.07) is 16.7. The molecule has 39 heavy (non-hydrogen) atoms. The molecule has 0 saturated carbocycles. The smallest absolute Gasteiger partial charge is 0.338 e. The van der Waals surface area contributed by atoms with Crippen molar-refractivity contribution in [1.82, 2.24) is 4.57 Å². The van der Waals surface area contributed by atoms with Crippen LogP contribution in [0.1, 0.15) is 41.6 Å². The number of fused-ring (bicyclic) bond motifs is 1. The van der Waals surface area contributed by atoms with Crippen molar-refractivity contribution < 1.29 is 23.8 Å². The lowest BCUT2D eigenvalue weighted by atomic mass is 9.96. The van der Waals surface area contributed by atoms with E-state index in [4.69, 9.17) is 9.15 Å². The van der Waals surface area contributed by atoms with E-state index in [2.05, 4.69) is 4.99 Å². The van der Waals surface area contributed by atoms with Gasteiger partial charge in [-0.05, 0) is 61.6 Å². The largest absolute Gasteiger partial charge is 0.545 e. The van der Waals surface area contributed by atoms with Gasteiger partial charge in [-0.1, -0.05) is 41.7 Å². The molecular formula is C29H23N2O6S2-. The molecule has 0 radical (unpaired) electrons. The summed E-state index contributed by atoms with van der Waals surface area (Å²) < 4.78 is 13.2. The third-order valence-corrected chi connectivity index (χ3v) is 7.96. The predicted molar refractivity (Wildman–Crippen MR) is 147 cm³/mol. The molecule has 1 aliphatic heterocycles. The highest BCUT2D eigenvalue weighted by Crippen LogP contribution is 2.32. The van der Waals surface area contributed by atoms with Gasteiger partial charge in [-0.25, -0.2) is 9.79 Å². The van der Waals surface area contributed by atoms with E-state index in [0.29, 0.717) is 37.7 Å². The predicted octanol–water partition coefficient (Wildman–Crippen LogP) is 3.14. The summed E-state index contributed by atoms with van der Waals surface area (Å²) in [7, 11) is 0. The summed E-state index contributed by atoms with van der Waals surface area (Å²) in [6.07, 6.45) is 3.60. The Morgan fingerprint density at radius 2 is 1.95 bits per heavy atom. The molecule has 1 aliphatic rings. The van der Waals surface area contributed by atoms with E-state index in [1.807, 2.05) is 30.5 Å². The van der Waals surface area contributed by atoms with Gasteiger partial charge in [0.2, 0.25) is 0 Å². The van der Waals surface area contributed by atoms with Crippen molar-refractivity contribution >= 4 is 41.1 Å². The fourth-order valence-corrected chi connectivity index (χ4v) is 5.84. The van der Waals surface area contributed by atoms with Crippen molar-refractivity contribution in [2.75, 3.05) is 12.9 Å². The summed E-state index contributed by atoms with van der Waals surface area (Å²) in [4.78, 5) is 44.1. The highest BCUT2D eigenvalue weighted by atomic mass is 32.2. The third kappa shape index (κ3) is 5.13. The summed E-state index contributed by atoms with van der Waals surface area (Å²) in [5.41, 5.74) is 1.88. The second kappa shape index (κ2) is 10.9. The molecule has 10 heteroatoms. The Bertz CT molecular complexity index is 1790. The summed E-state index contributed by atoms with van der Waals surface area (Å²) in [5.74, 6) is -0.929. The Hall–Kier alpha value is -4.15. The first-order chi connectivity index (χ1) is 18.8. The Kier molecular flexibility index (Phi) is 7.40. The lowest BCUT2D eigenvalue weighted by Crippen LogP contribution is -2.39. The van der Waals surface area contributed by atoms with Gasteiger partial charge in [-0.2, -0.15) is 0 Å². The Labute approximate surface area is 231 Å². The van der Waals surface area contributed by atoms with Gasteiger partial charge in [0.05, 0.1) is 34.4 Å². The zero-order valence-electron chi connectivity index (χ0n) is 21.3. The lowest BCUT2D eigenvalue weighted by molar-refractivity contribution is -0.255. The summed E-state index contributed by atoms with van der Waals surface area (Å²) in [5, 5.41) is 11.2. The van der Waals surface area contributed by atoms with E-state index < -0.39 is 18.0 Å². The molecule has 0 spiro atoms. The molecular weight excluding hydrogens is 536 g/mol. The number of carboxylic acid groups (broad SMARTS) is 1. The fraction of sp³-hybridized carbons (Fsp3) is 0.172. The van der Waals surface area contributed by atoms with Gasteiger partial charge in [-0.3, -0.25) is 9.36 Å². The van der Waals surface area contributed by atoms with E-state index in [0.717, 1.165) is 10.5 Å². The molecule has 0 amide bonds. The van der Waals surface area contributed by atoms with Gasteiger partial charge in [0.15, 0.2) is 4.80 Å². The van der Waals surface area contributed by atoms with Crippen LogP contribution in [0.25, 0.3) is 17.4 Å². The molecule has 0 bridgehead atoms. The van der Waals surface area contributed by atoms with Crippen molar-refractivity contribution in [2.24, 2.45) is 4.99 Å². The molecule has 0 fully saturated rings. The molecule has 0 aliphatic carbocycles. The first-order valence-electron chi connectivity index (χ1n) is 12.1. The number of hydrogen-bond donors (Lipinski definition) is 0. The highest BCUT2D eigenvalue weighted by molar-refractivity contribution is 7.98. The number of carbonyl (C=O) groups is 2. The maximum atomic E-state index is 13.7. The SMILES string of the molecule is CCOC(=O)C1=C(C)N=c2s/c(=C\c3ccc(-c4cccc(C(=O)[O-])c4)o3)c(=O)n2[C@@H]1c1ccc(SC)cc1. The van der Waals surface area contributed by atoms with E-state index >= 15 is 0 Å². The van der Waals surface area contributed by atoms with Crippen LogP contribution in [0.15, 0.2) is 91.0 Å². The quantitative estimate of drug-likeness (QED) is 0.252. The number of carbonyl (C=O) groups excluding carboxylic acids is 2. The number of esters is 1. The first kappa shape index (κ1) is 26.5. The van der Waals surface area contributed by atoms with E-state index in [1.54, 1.807) is 56.0 Å². The fourth-order valence-electron chi connectivity index (χ4n) is 4.41. The molecule has 4 aromatic rings. The Morgan fingerprint density at radius 3 is 2.64 bits per heavy atom. The number of benzene rings is 2. The minimum atomic E-state index is -1.28. The second-order valence-electron chi connectivity index (χ2n) is 8.65. The molecule has 2 aromatic carbocycles. The number of carboxylic acids is 1. The number of thiazole rings is 1. The highest BCUT2D eigenvalue weighted by Gasteiger charge is 2.33. The topological polar surface area (TPSA) is 114 Å². The van der Waals surface area contributed by atoms with Gasteiger partial charge in [0.1, 0.15) is 11.5 Å². The van der Waals surface area contributed by atoms with Crippen molar-refractivity contribution in [1.29, 1.82) is 0 Å². The lowest BCUT2D eigenvalue weighted by Gasteiger charge is -2.24. The molecule has 0 saturated heterocycles. The molecule has 2 aromatic heterocycles. The van der Waals surface area contributed by atoms with Crippen molar-refractivity contribution in [3.8, 4) is 11.3 Å². The summed E-state index contributed by atoms with van der Waals surface area (Å²) in [6.45, 7) is 3.68. The van der Waals surface area contributed by atoms with Gasteiger partial charge in [0.25, 0.3) is 5.56 Å². The van der Waals surface area contributed by atoms with Gasteiger partial charge >= 0.3 is 5.97 Å². The molecule has 198 valence electrons. The molecule has 0 unspecified atom stereocenters. The normalized spacial score (nSPS) is 15.2. The van der Waals surface area contributed by atoms with Crippen molar-refractivity contribution in [2.45, 2.75) is 24.8 Å². The number of allylic oxidation sites excluding steroid dienone is 1.